The average Bonchev–Trinajstić information content (AvgIpc) is 2.43. The van der Waals surface area contributed by atoms with Gasteiger partial charge in [0.05, 0.1) is 5.92 Å². The molecule has 0 spiro atoms. The lowest BCUT2D eigenvalue weighted by atomic mass is 9.97. The summed E-state index contributed by atoms with van der Waals surface area (Å²) in [5.41, 5.74) is 0.774. The van der Waals surface area contributed by atoms with Crippen LogP contribution in [0.2, 0.25) is 0 Å². The highest BCUT2D eigenvalue weighted by Gasteiger charge is 2.41. The number of carbonyl (C=O) groups excluding carboxylic acids is 2. The van der Waals surface area contributed by atoms with Gasteiger partial charge in [0.1, 0.15) is 5.38 Å². The second kappa shape index (κ2) is 3.42. The van der Waals surface area contributed by atoms with E-state index < -0.39 is 17.2 Å². The van der Waals surface area contributed by atoms with Crippen LogP contribution in [0.4, 0.5) is 0 Å². The number of nitrogens with one attached hydrogen (secondary N) is 1. The van der Waals surface area contributed by atoms with Crippen molar-refractivity contribution in [1.29, 1.82) is 0 Å². The van der Waals surface area contributed by atoms with Crippen LogP contribution in [0.5, 0.6) is 0 Å². The number of benzene rings is 1. The van der Waals surface area contributed by atoms with Gasteiger partial charge in [0.2, 0.25) is 11.8 Å². The maximum absolute atomic E-state index is 11.4. The molecule has 1 heterocycles. The number of alkyl halides is 1. The van der Waals surface area contributed by atoms with Gasteiger partial charge < -0.3 is 0 Å². The molecule has 0 saturated carbocycles. The second-order valence-corrected chi connectivity index (χ2v) is 3.61. The lowest BCUT2D eigenvalue weighted by molar-refractivity contribution is -0.125. The Balaban J connectivity index is 2.36. The molecular formula is C10H8ClNO2. The summed E-state index contributed by atoms with van der Waals surface area (Å²) in [5, 5.41) is 1.42. The lowest BCUT2D eigenvalue weighted by Gasteiger charge is -2.08. The van der Waals surface area contributed by atoms with Crippen LogP contribution in [0.15, 0.2) is 30.3 Å². The second-order valence-electron chi connectivity index (χ2n) is 3.14. The van der Waals surface area contributed by atoms with E-state index in [1.165, 1.54) is 0 Å². The maximum atomic E-state index is 11.4. The third-order valence-electron chi connectivity index (χ3n) is 2.23. The zero-order valence-corrected chi connectivity index (χ0v) is 7.99. The summed E-state index contributed by atoms with van der Waals surface area (Å²) in [5.74, 6) is -1.28. The highest BCUT2D eigenvalue weighted by Crippen LogP contribution is 2.28. The van der Waals surface area contributed by atoms with Gasteiger partial charge in [-0.2, -0.15) is 0 Å². The summed E-state index contributed by atoms with van der Waals surface area (Å²) < 4.78 is 0. The zero-order chi connectivity index (χ0) is 10.1. The molecule has 14 heavy (non-hydrogen) atoms. The van der Waals surface area contributed by atoms with E-state index in [4.69, 9.17) is 11.6 Å². The van der Waals surface area contributed by atoms with Crippen LogP contribution in [-0.4, -0.2) is 17.2 Å². The van der Waals surface area contributed by atoms with E-state index >= 15 is 0 Å². The molecule has 1 aromatic rings. The van der Waals surface area contributed by atoms with E-state index in [0.29, 0.717) is 0 Å². The Morgan fingerprint density at radius 1 is 1.07 bits per heavy atom. The van der Waals surface area contributed by atoms with Crippen LogP contribution in [-0.2, 0) is 9.59 Å². The van der Waals surface area contributed by atoms with Crippen molar-refractivity contribution in [3.63, 3.8) is 0 Å². The molecule has 1 N–H and O–H groups in total. The largest absolute Gasteiger partial charge is 0.295 e. The number of halogens is 1. The van der Waals surface area contributed by atoms with Crippen LogP contribution in [0, 0.1) is 0 Å². The molecule has 2 unspecified atom stereocenters. The van der Waals surface area contributed by atoms with Gasteiger partial charge in [-0.05, 0) is 5.56 Å². The highest BCUT2D eigenvalue weighted by molar-refractivity contribution is 6.37. The van der Waals surface area contributed by atoms with Crippen molar-refractivity contribution in [2.24, 2.45) is 0 Å². The van der Waals surface area contributed by atoms with Crippen LogP contribution in [0.3, 0.4) is 0 Å². The van der Waals surface area contributed by atoms with Crippen molar-refractivity contribution in [1.82, 2.24) is 5.32 Å². The van der Waals surface area contributed by atoms with Crippen molar-refractivity contribution >= 4 is 23.4 Å². The number of amides is 2. The van der Waals surface area contributed by atoms with Crippen molar-refractivity contribution < 1.29 is 9.59 Å². The fourth-order valence-electron chi connectivity index (χ4n) is 1.53. The third-order valence-corrected chi connectivity index (χ3v) is 2.68. The first-order chi connectivity index (χ1) is 6.70. The molecule has 2 atom stereocenters. The minimum atomic E-state index is -0.787. The molecule has 72 valence electrons. The van der Waals surface area contributed by atoms with Crippen molar-refractivity contribution in [3.05, 3.63) is 35.9 Å². The third kappa shape index (κ3) is 1.40. The van der Waals surface area contributed by atoms with Crippen LogP contribution in [0.1, 0.15) is 11.5 Å². The van der Waals surface area contributed by atoms with E-state index in [1.54, 1.807) is 12.1 Å². The van der Waals surface area contributed by atoms with Gasteiger partial charge in [-0.1, -0.05) is 30.3 Å². The smallest absolute Gasteiger partial charge is 0.245 e. The molecule has 0 aliphatic carbocycles. The molecule has 2 amide bonds. The number of imide groups is 1. The predicted octanol–water partition coefficient (Wildman–Crippen LogP) is 1.03. The Morgan fingerprint density at radius 3 is 2.21 bits per heavy atom. The first kappa shape index (κ1) is 9.21. The molecule has 1 fully saturated rings. The monoisotopic (exact) mass is 209 g/mol. The van der Waals surface area contributed by atoms with Crippen LogP contribution >= 0.6 is 11.6 Å². The average molecular weight is 210 g/mol. The molecule has 0 radical (unpaired) electrons. The van der Waals surface area contributed by atoms with E-state index in [1.807, 2.05) is 18.2 Å². The SMILES string of the molecule is O=C1NC(=O)C(c2ccccc2)C1Cl. The quantitative estimate of drug-likeness (QED) is 0.555. The molecule has 1 aliphatic heterocycles. The van der Waals surface area contributed by atoms with Gasteiger partial charge >= 0.3 is 0 Å². The van der Waals surface area contributed by atoms with Gasteiger partial charge in [0.25, 0.3) is 0 Å². The number of hydrogen-bond donors (Lipinski definition) is 1. The molecule has 2 rings (SSSR count). The molecule has 0 aromatic heterocycles. The number of hydrogen-bond acceptors (Lipinski definition) is 2. The first-order valence-electron chi connectivity index (χ1n) is 4.24. The standard InChI is InChI=1S/C10H8ClNO2/c11-8-7(9(13)12-10(8)14)6-4-2-1-3-5-6/h1-5,7-8H,(H,12,13,14). The van der Waals surface area contributed by atoms with E-state index in [9.17, 15) is 9.59 Å². The van der Waals surface area contributed by atoms with Crippen molar-refractivity contribution in [3.8, 4) is 0 Å². The Morgan fingerprint density at radius 2 is 1.71 bits per heavy atom. The molecule has 1 aromatic carbocycles. The van der Waals surface area contributed by atoms with Crippen molar-refractivity contribution in [2.75, 3.05) is 0 Å². The Hall–Kier alpha value is -1.35. The number of carbonyl (C=O) groups is 2. The molecule has 3 nitrogen and oxygen atoms in total. The van der Waals surface area contributed by atoms with Gasteiger partial charge in [-0.3, -0.25) is 14.9 Å². The summed E-state index contributed by atoms with van der Waals surface area (Å²) in [6.45, 7) is 0. The van der Waals surface area contributed by atoms with Gasteiger partial charge in [0.15, 0.2) is 0 Å². The zero-order valence-electron chi connectivity index (χ0n) is 7.24. The van der Waals surface area contributed by atoms with E-state index in [2.05, 4.69) is 5.32 Å². The summed E-state index contributed by atoms with van der Waals surface area (Å²) in [4.78, 5) is 22.5. The fourth-order valence-corrected chi connectivity index (χ4v) is 1.85. The van der Waals surface area contributed by atoms with Gasteiger partial charge in [-0.15, -0.1) is 11.6 Å². The Labute approximate surface area is 86.1 Å². The van der Waals surface area contributed by atoms with Crippen LogP contribution in [0.25, 0.3) is 0 Å². The first-order valence-corrected chi connectivity index (χ1v) is 4.67. The lowest BCUT2D eigenvalue weighted by Crippen LogP contribution is -2.22. The van der Waals surface area contributed by atoms with E-state index in [0.717, 1.165) is 5.56 Å². The topological polar surface area (TPSA) is 46.2 Å². The van der Waals surface area contributed by atoms with Gasteiger partial charge in [-0.25, -0.2) is 0 Å². The molecule has 1 saturated heterocycles. The Kier molecular flexibility index (Phi) is 2.25. The molecule has 1 aliphatic rings. The Bertz CT molecular complexity index is 377. The minimum Gasteiger partial charge on any atom is -0.295 e. The highest BCUT2D eigenvalue weighted by atomic mass is 35.5. The van der Waals surface area contributed by atoms with E-state index in [-0.39, 0.29) is 5.91 Å². The molecule has 0 bridgehead atoms. The van der Waals surface area contributed by atoms with Crippen LogP contribution < -0.4 is 5.32 Å². The summed E-state index contributed by atoms with van der Waals surface area (Å²) in [6, 6.07) is 9.06. The normalized spacial score (nSPS) is 26.4. The fraction of sp³-hybridized carbons (Fsp3) is 0.200. The van der Waals surface area contributed by atoms with Gasteiger partial charge in [0, 0.05) is 0 Å². The summed E-state index contributed by atoms with van der Waals surface area (Å²) in [7, 11) is 0. The molecule has 4 heteroatoms. The number of rotatable bonds is 1. The predicted molar refractivity (Wildman–Crippen MR) is 52.0 cm³/mol. The van der Waals surface area contributed by atoms with Crippen molar-refractivity contribution in [2.45, 2.75) is 11.3 Å². The summed E-state index contributed by atoms with van der Waals surface area (Å²) >= 11 is 5.83. The molecular weight excluding hydrogens is 202 g/mol. The minimum absolute atomic E-state index is 0.318. The summed E-state index contributed by atoms with van der Waals surface area (Å²) in [6.07, 6.45) is 0. The maximum Gasteiger partial charge on any atom is 0.245 e.